The Morgan fingerprint density at radius 2 is 2.08 bits per heavy atom. The summed E-state index contributed by atoms with van der Waals surface area (Å²) in [6.45, 7) is 6.45. The van der Waals surface area contributed by atoms with Crippen molar-refractivity contribution in [3.8, 4) is 0 Å². The van der Waals surface area contributed by atoms with Gasteiger partial charge in [-0.25, -0.2) is 4.63 Å². The largest absolute Gasteiger partial charge is 0.297 e. The molecular formula is C16H25N5O3S. The molecule has 1 N–H and O–H groups in total. The Labute approximate surface area is 148 Å². The zero-order chi connectivity index (χ0) is 18.2. The minimum Gasteiger partial charge on any atom is -0.297 e. The van der Waals surface area contributed by atoms with Crippen molar-refractivity contribution in [1.29, 1.82) is 0 Å². The van der Waals surface area contributed by atoms with Crippen molar-refractivity contribution in [3.63, 3.8) is 0 Å². The quantitative estimate of drug-likeness (QED) is 0.821. The first-order valence-corrected chi connectivity index (χ1v) is 9.84. The van der Waals surface area contributed by atoms with E-state index in [1.165, 1.54) is 18.4 Å². The van der Waals surface area contributed by atoms with Gasteiger partial charge >= 0.3 is 0 Å². The van der Waals surface area contributed by atoms with Crippen LogP contribution in [0.2, 0.25) is 0 Å². The zero-order valence-electron chi connectivity index (χ0n) is 15.0. The van der Waals surface area contributed by atoms with Crippen LogP contribution in [-0.2, 0) is 16.8 Å². The summed E-state index contributed by atoms with van der Waals surface area (Å²) in [5, 5.41) is 7.86. The van der Waals surface area contributed by atoms with Crippen LogP contribution in [0.3, 0.4) is 0 Å². The third-order valence-electron chi connectivity index (χ3n) is 4.84. The highest BCUT2D eigenvalue weighted by Gasteiger charge is 2.37. The summed E-state index contributed by atoms with van der Waals surface area (Å²) in [4.78, 5) is 2.26. The number of aromatic nitrogens is 2. The highest BCUT2D eigenvalue weighted by atomic mass is 32.2. The molecule has 25 heavy (non-hydrogen) atoms. The Balaban J connectivity index is 1.77. The summed E-state index contributed by atoms with van der Waals surface area (Å²) in [6, 6.07) is 5.70. The van der Waals surface area contributed by atoms with Crippen LogP contribution in [0.4, 0.5) is 0 Å². The molecule has 1 fully saturated rings. The molecule has 138 valence electrons. The molecule has 0 spiro atoms. The fraction of sp³-hybridized carbons (Fsp3) is 0.625. The first-order valence-electron chi connectivity index (χ1n) is 8.40. The Hall–Kier alpha value is -1.55. The molecule has 2 atom stereocenters. The van der Waals surface area contributed by atoms with Crippen molar-refractivity contribution in [2.24, 2.45) is 11.8 Å². The summed E-state index contributed by atoms with van der Waals surface area (Å²) in [7, 11) is -0.372. The molecule has 2 aromatic rings. The zero-order valence-corrected chi connectivity index (χ0v) is 15.8. The van der Waals surface area contributed by atoms with Crippen molar-refractivity contribution < 1.29 is 13.0 Å². The minimum atomic E-state index is -3.45. The number of hydrogen-bond acceptors (Lipinski definition) is 6. The molecule has 9 heteroatoms. The second-order valence-electron chi connectivity index (χ2n) is 7.16. The lowest BCUT2D eigenvalue weighted by molar-refractivity contribution is 0.295. The lowest BCUT2D eigenvalue weighted by atomic mass is 9.92. The van der Waals surface area contributed by atoms with E-state index in [0.29, 0.717) is 19.0 Å². The Kier molecular flexibility index (Phi) is 5.10. The van der Waals surface area contributed by atoms with E-state index in [4.69, 9.17) is 4.63 Å². The van der Waals surface area contributed by atoms with E-state index in [-0.39, 0.29) is 12.0 Å². The van der Waals surface area contributed by atoms with E-state index in [9.17, 15) is 8.42 Å². The second kappa shape index (κ2) is 6.99. The van der Waals surface area contributed by atoms with Crippen molar-refractivity contribution in [2.75, 3.05) is 27.2 Å². The van der Waals surface area contributed by atoms with Gasteiger partial charge in [0.05, 0.1) is 0 Å². The van der Waals surface area contributed by atoms with Crippen LogP contribution in [0, 0.1) is 11.8 Å². The third-order valence-corrected chi connectivity index (χ3v) is 6.40. The van der Waals surface area contributed by atoms with Crippen LogP contribution in [0.15, 0.2) is 22.8 Å². The van der Waals surface area contributed by atoms with Gasteiger partial charge in [-0.2, -0.15) is 17.4 Å². The lowest BCUT2D eigenvalue weighted by Gasteiger charge is -2.24. The maximum absolute atomic E-state index is 12.2. The maximum atomic E-state index is 12.2. The summed E-state index contributed by atoms with van der Waals surface area (Å²) in [6.07, 6.45) is 0. The van der Waals surface area contributed by atoms with E-state index < -0.39 is 10.2 Å². The van der Waals surface area contributed by atoms with Crippen LogP contribution in [0.25, 0.3) is 11.0 Å². The molecule has 1 saturated heterocycles. The van der Waals surface area contributed by atoms with Crippen molar-refractivity contribution in [3.05, 3.63) is 23.8 Å². The molecule has 8 nitrogen and oxygen atoms in total. The molecule has 3 rings (SSSR count). The summed E-state index contributed by atoms with van der Waals surface area (Å²) >= 11 is 0. The Morgan fingerprint density at radius 1 is 1.32 bits per heavy atom. The molecule has 2 heterocycles. The van der Waals surface area contributed by atoms with E-state index >= 15 is 0 Å². The fourth-order valence-corrected chi connectivity index (χ4v) is 4.21. The fourth-order valence-electron chi connectivity index (χ4n) is 3.37. The molecule has 1 aliphatic heterocycles. The molecule has 2 unspecified atom stereocenters. The molecule has 0 bridgehead atoms. The average Bonchev–Trinajstić information content (AvgIpc) is 3.14. The topological polar surface area (TPSA) is 91.6 Å². The molecule has 1 aromatic heterocycles. The van der Waals surface area contributed by atoms with Crippen LogP contribution in [0.1, 0.15) is 19.4 Å². The van der Waals surface area contributed by atoms with E-state index in [2.05, 4.69) is 33.8 Å². The van der Waals surface area contributed by atoms with Gasteiger partial charge in [-0.1, -0.05) is 26.0 Å². The SMILES string of the molecule is CC(C)C1CN(Cc2cccc3nonc23)CC1NS(=O)(=O)N(C)C. The number of rotatable bonds is 6. The van der Waals surface area contributed by atoms with Crippen LogP contribution in [-0.4, -0.2) is 61.2 Å². The number of fused-ring (bicyclic) bond motifs is 1. The highest BCUT2D eigenvalue weighted by molar-refractivity contribution is 7.87. The molecule has 0 radical (unpaired) electrons. The van der Waals surface area contributed by atoms with Gasteiger partial charge in [0.1, 0.15) is 11.0 Å². The van der Waals surface area contributed by atoms with Crippen molar-refractivity contribution in [2.45, 2.75) is 26.4 Å². The monoisotopic (exact) mass is 367 g/mol. The second-order valence-corrected chi connectivity index (χ2v) is 9.08. The van der Waals surface area contributed by atoms with Gasteiger partial charge in [0.2, 0.25) is 0 Å². The van der Waals surface area contributed by atoms with E-state index in [1.54, 1.807) is 0 Å². The Morgan fingerprint density at radius 3 is 2.76 bits per heavy atom. The number of benzene rings is 1. The minimum absolute atomic E-state index is 0.109. The predicted molar refractivity (Wildman–Crippen MR) is 94.9 cm³/mol. The van der Waals surface area contributed by atoms with Gasteiger partial charge in [-0.05, 0) is 33.8 Å². The van der Waals surface area contributed by atoms with Crippen LogP contribution >= 0.6 is 0 Å². The average molecular weight is 367 g/mol. The smallest absolute Gasteiger partial charge is 0.279 e. The number of nitrogens with zero attached hydrogens (tertiary/aromatic N) is 4. The predicted octanol–water partition coefficient (Wildman–Crippen LogP) is 1.08. The standard InChI is InChI=1S/C16H25N5O3S/c1-11(2)13-9-21(10-15(13)19-25(22,23)20(3)4)8-12-6-5-7-14-16(12)18-24-17-14/h5-7,11,13,15,19H,8-10H2,1-4H3. The van der Waals surface area contributed by atoms with Gasteiger partial charge in [-0.15, -0.1) is 0 Å². The normalized spacial score (nSPS) is 22.5. The van der Waals surface area contributed by atoms with E-state index in [1.807, 2.05) is 18.2 Å². The molecule has 1 aromatic carbocycles. The summed E-state index contributed by atoms with van der Waals surface area (Å²) in [5.74, 6) is 0.633. The maximum Gasteiger partial charge on any atom is 0.279 e. The van der Waals surface area contributed by atoms with Crippen molar-refractivity contribution in [1.82, 2.24) is 24.2 Å². The van der Waals surface area contributed by atoms with Gasteiger partial charge in [-0.3, -0.25) is 4.90 Å². The van der Waals surface area contributed by atoms with Crippen LogP contribution in [0.5, 0.6) is 0 Å². The Bertz CT molecular complexity index is 833. The van der Waals surface area contributed by atoms with Crippen LogP contribution < -0.4 is 4.72 Å². The molecule has 0 amide bonds. The van der Waals surface area contributed by atoms with Crippen molar-refractivity contribution >= 4 is 21.2 Å². The molecular weight excluding hydrogens is 342 g/mol. The third kappa shape index (κ3) is 3.84. The highest BCUT2D eigenvalue weighted by Crippen LogP contribution is 2.27. The molecule has 0 aliphatic carbocycles. The molecule has 0 saturated carbocycles. The summed E-state index contributed by atoms with van der Waals surface area (Å²) in [5.41, 5.74) is 2.54. The number of hydrogen-bond donors (Lipinski definition) is 1. The number of nitrogens with one attached hydrogen (secondary N) is 1. The lowest BCUT2D eigenvalue weighted by Crippen LogP contribution is -2.46. The van der Waals surface area contributed by atoms with Gasteiger partial charge in [0.15, 0.2) is 0 Å². The van der Waals surface area contributed by atoms with Gasteiger partial charge < -0.3 is 0 Å². The molecule has 1 aliphatic rings. The number of likely N-dealkylation sites (tertiary alicyclic amines) is 1. The first-order chi connectivity index (χ1) is 11.8. The van der Waals surface area contributed by atoms with E-state index in [0.717, 1.165) is 23.1 Å². The summed E-state index contributed by atoms with van der Waals surface area (Å²) < 4.78 is 33.3. The first kappa shape index (κ1) is 18.2. The van der Waals surface area contributed by atoms with Gasteiger partial charge in [0, 0.05) is 39.8 Å². The van der Waals surface area contributed by atoms with Gasteiger partial charge in [0.25, 0.3) is 10.2 Å².